The van der Waals surface area contributed by atoms with Crippen molar-refractivity contribution in [1.82, 2.24) is 0 Å². The van der Waals surface area contributed by atoms with Gasteiger partial charge >= 0.3 is 0 Å². The van der Waals surface area contributed by atoms with Crippen LogP contribution in [0.4, 0.5) is 5.69 Å². The van der Waals surface area contributed by atoms with Crippen molar-refractivity contribution in [1.29, 1.82) is 0 Å². The Morgan fingerprint density at radius 1 is 1.03 bits per heavy atom. The molecule has 1 heterocycles. The molecule has 0 fully saturated rings. The van der Waals surface area contributed by atoms with Crippen LogP contribution in [0.25, 0.3) is 0 Å². The third kappa shape index (κ3) is 4.03. The fraction of sp³-hybridized carbons (Fsp3) is 0.333. The van der Waals surface area contributed by atoms with E-state index in [1.165, 1.54) is 4.90 Å². The second-order valence-electron chi connectivity index (χ2n) is 7.80. The number of Topliss-reactive ketones (excluding diaryl/α,β-unsaturated/α-hetero) is 1. The van der Waals surface area contributed by atoms with Gasteiger partial charge in [0.2, 0.25) is 0 Å². The van der Waals surface area contributed by atoms with Gasteiger partial charge in [0.25, 0.3) is 5.91 Å². The van der Waals surface area contributed by atoms with Crippen molar-refractivity contribution in [2.75, 3.05) is 12.0 Å². The zero-order chi connectivity index (χ0) is 22.0. The molecule has 0 saturated carbocycles. The second-order valence-corrected chi connectivity index (χ2v) is 7.80. The standard InChI is InChI=1S/C24H27NO5/c1-14(2)22(26)20-21(16-7-6-8-19(13-16)30-15(3)4)25(24(28)23(20)27)17-9-11-18(29-5)12-10-17/h6-15,21,27H,1-5H3. The van der Waals surface area contributed by atoms with Gasteiger partial charge in [-0.25, -0.2) is 0 Å². The molecule has 6 nitrogen and oxygen atoms in total. The molecule has 1 aliphatic rings. The Morgan fingerprint density at radius 3 is 2.27 bits per heavy atom. The number of amides is 1. The number of benzene rings is 2. The molecule has 0 radical (unpaired) electrons. The predicted molar refractivity (Wildman–Crippen MR) is 115 cm³/mol. The molecule has 2 aromatic rings. The lowest BCUT2D eigenvalue weighted by molar-refractivity contribution is -0.119. The molecule has 0 spiro atoms. The summed E-state index contributed by atoms with van der Waals surface area (Å²) in [5.41, 5.74) is 1.34. The van der Waals surface area contributed by atoms with E-state index in [0.717, 1.165) is 0 Å². The Kier molecular flexibility index (Phi) is 6.15. The van der Waals surface area contributed by atoms with Crippen LogP contribution in [0, 0.1) is 5.92 Å². The molecule has 30 heavy (non-hydrogen) atoms. The number of aliphatic hydroxyl groups is 1. The summed E-state index contributed by atoms with van der Waals surface area (Å²) in [6.45, 7) is 7.35. The highest BCUT2D eigenvalue weighted by Gasteiger charge is 2.44. The van der Waals surface area contributed by atoms with Crippen molar-refractivity contribution in [3.05, 3.63) is 65.4 Å². The third-order valence-corrected chi connectivity index (χ3v) is 4.89. The minimum absolute atomic E-state index is 0.0242. The highest BCUT2D eigenvalue weighted by atomic mass is 16.5. The minimum Gasteiger partial charge on any atom is -0.503 e. The van der Waals surface area contributed by atoms with E-state index in [9.17, 15) is 14.7 Å². The van der Waals surface area contributed by atoms with E-state index < -0.39 is 17.7 Å². The topological polar surface area (TPSA) is 76.1 Å². The summed E-state index contributed by atoms with van der Waals surface area (Å²) in [6.07, 6.45) is -0.0242. The number of carbonyl (C=O) groups is 2. The van der Waals surface area contributed by atoms with Crippen LogP contribution in [0.2, 0.25) is 0 Å². The molecule has 0 aliphatic carbocycles. The van der Waals surface area contributed by atoms with E-state index in [0.29, 0.717) is 22.7 Å². The van der Waals surface area contributed by atoms with Gasteiger partial charge in [-0.1, -0.05) is 26.0 Å². The zero-order valence-electron chi connectivity index (χ0n) is 17.9. The first-order chi connectivity index (χ1) is 14.2. The fourth-order valence-electron chi connectivity index (χ4n) is 3.52. The molecule has 6 heteroatoms. The number of hydrogen-bond donors (Lipinski definition) is 1. The van der Waals surface area contributed by atoms with Crippen molar-refractivity contribution < 1.29 is 24.2 Å². The molecule has 1 atom stereocenters. The zero-order valence-corrected chi connectivity index (χ0v) is 17.9. The van der Waals surface area contributed by atoms with Crippen LogP contribution in [-0.4, -0.2) is 30.0 Å². The highest BCUT2D eigenvalue weighted by molar-refractivity contribution is 6.16. The molecule has 3 rings (SSSR count). The quantitative estimate of drug-likeness (QED) is 0.723. The van der Waals surface area contributed by atoms with Crippen molar-refractivity contribution in [2.45, 2.75) is 39.8 Å². The summed E-state index contributed by atoms with van der Waals surface area (Å²) in [7, 11) is 1.56. The summed E-state index contributed by atoms with van der Waals surface area (Å²) >= 11 is 0. The summed E-state index contributed by atoms with van der Waals surface area (Å²) in [6, 6.07) is 13.4. The van der Waals surface area contributed by atoms with Gasteiger partial charge in [-0.05, 0) is 55.8 Å². The number of rotatable bonds is 7. The smallest absolute Gasteiger partial charge is 0.294 e. The van der Waals surface area contributed by atoms with E-state index in [1.54, 1.807) is 51.3 Å². The second kappa shape index (κ2) is 8.61. The van der Waals surface area contributed by atoms with Gasteiger partial charge in [-0.2, -0.15) is 0 Å². The molecule has 1 amide bonds. The third-order valence-electron chi connectivity index (χ3n) is 4.89. The van der Waals surface area contributed by atoms with Crippen LogP contribution in [0.3, 0.4) is 0 Å². The number of methoxy groups -OCH3 is 1. The Labute approximate surface area is 176 Å². The predicted octanol–water partition coefficient (Wildman–Crippen LogP) is 4.61. The lowest BCUT2D eigenvalue weighted by atomic mass is 9.91. The largest absolute Gasteiger partial charge is 0.503 e. The summed E-state index contributed by atoms with van der Waals surface area (Å²) < 4.78 is 11.0. The first-order valence-corrected chi connectivity index (χ1v) is 9.96. The van der Waals surface area contributed by atoms with Crippen LogP contribution < -0.4 is 14.4 Å². The minimum atomic E-state index is -0.753. The van der Waals surface area contributed by atoms with E-state index in [4.69, 9.17) is 9.47 Å². The monoisotopic (exact) mass is 409 g/mol. The van der Waals surface area contributed by atoms with Gasteiger partial charge in [0, 0.05) is 11.6 Å². The number of ketones is 1. The van der Waals surface area contributed by atoms with Gasteiger partial charge in [0.15, 0.2) is 11.5 Å². The number of aliphatic hydroxyl groups excluding tert-OH is 1. The van der Waals surface area contributed by atoms with Gasteiger partial charge in [-0.15, -0.1) is 0 Å². The average molecular weight is 409 g/mol. The van der Waals surface area contributed by atoms with Gasteiger partial charge in [0.1, 0.15) is 11.5 Å². The number of anilines is 1. The molecule has 1 N–H and O–H groups in total. The van der Waals surface area contributed by atoms with Crippen molar-refractivity contribution in [2.24, 2.45) is 5.92 Å². The van der Waals surface area contributed by atoms with E-state index in [1.807, 2.05) is 32.0 Å². The summed E-state index contributed by atoms with van der Waals surface area (Å²) in [5.74, 6) is -0.480. The Hall–Kier alpha value is -3.28. The fourth-order valence-corrected chi connectivity index (χ4v) is 3.52. The molecule has 1 aliphatic heterocycles. The van der Waals surface area contributed by atoms with Crippen LogP contribution in [0.1, 0.15) is 39.3 Å². The molecular formula is C24H27NO5. The van der Waals surface area contributed by atoms with Crippen LogP contribution in [0.15, 0.2) is 59.9 Å². The molecule has 158 valence electrons. The Balaban J connectivity index is 2.14. The van der Waals surface area contributed by atoms with Crippen molar-refractivity contribution in [3.8, 4) is 11.5 Å². The molecule has 0 aromatic heterocycles. The van der Waals surface area contributed by atoms with Gasteiger partial charge in [-0.3, -0.25) is 14.5 Å². The lowest BCUT2D eigenvalue weighted by Gasteiger charge is -2.28. The molecule has 2 aromatic carbocycles. The maximum absolute atomic E-state index is 13.0. The maximum Gasteiger partial charge on any atom is 0.294 e. The highest BCUT2D eigenvalue weighted by Crippen LogP contribution is 2.42. The number of hydrogen-bond acceptors (Lipinski definition) is 5. The maximum atomic E-state index is 13.0. The Bertz CT molecular complexity index is 975. The molecular weight excluding hydrogens is 382 g/mol. The average Bonchev–Trinajstić information content (AvgIpc) is 2.98. The molecule has 0 bridgehead atoms. The van der Waals surface area contributed by atoms with Gasteiger partial charge < -0.3 is 14.6 Å². The van der Waals surface area contributed by atoms with Crippen LogP contribution in [0.5, 0.6) is 11.5 Å². The Morgan fingerprint density at radius 2 is 1.70 bits per heavy atom. The normalized spacial score (nSPS) is 16.6. The lowest BCUT2D eigenvalue weighted by Crippen LogP contribution is -2.31. The van der Waals surface area contributed by atoms with Gasteiger partial charge in [0.05, 0.1) is 24.8 Å². The number of ether oxygens (including phenoxy) is 2. The number of nitrogens with zero attached hydrogens (tertiary/aromatic N) is 1. The first kappa shape index (κ1) is 21.4. The van der Waals surface area contributed by atoms with E-state index >= 15 is 0 Å². The SMILES string of the molecule is COc1ccc(N2C(=O)C(O)=C(C(=O)C(C)C)C2c2cccc(OC(C)C)c2)cc1. The molecule has 0 saturated heterocycles. The van der Waals surface area contributed by atoms with E-state index in [-0.39, 0.29) is 23.4 Å². The van der Waals surface area contributed by atoms with Crippen molar-refractivity contribution in [3.63, 3.8) is 0 Å². The van der Waals surface area contributed by atoms with Crippen LogP contribution >= 0.6 is 0 Å². The summed E-state index contributed by atoms with van der Waals surface area (Å²) in [4.78, 5) is 27.5. The summed E-state index contributed by atoms with van der Waals surface area (Å²) in [5, 5.41) is 10.7. The molecule has 1 unspecified atom stereocenters. The number of carbonyl (C=O) groups excluding carboxylic acids is 2. The van der Waals surface area contributed by atoms with Crippen LogP contribution in [-0.2, 0) is 9.59 Å². The first-order valence-electron chi connectivity index (χ1n) is 9.96. The van der Waals surface area contributed by atoms with E-state index in [2.05, 4.69) is 0 Å². The van der Waals surface area contributed by atoms with Crippen molar-refractivity contribution >= 4 is 17.4 Å².